The molecular weight excluding hydrogens is 212 g/mol. The highest BCUT2D eigenvalue weighted by Crippen LogP contribution is 2.28. The van der Waals surface area contributed by atoms with Gasteiger partial charge in [-0.3, -0.25) is 4.57 Å². The van der Waals surface area contributed by atoms with Gasteiger partial charge in [-0.25, -0.2) is 9.97 Å². The van der Waals surface area contributed by atoms with Crippen molar-refractivity contribution in [2.45, 2.75) is 39.2 Å². The highest BCUT2D eigenvalue weighted by atomic mass is 15.2. The van der Waals surface area contributed by atoms with Gasteiger partial charge in [-0.2, -0.15) is 0 Å². The van der Waals surface area contributed by atoms with Crippen LogP contribution in [-0.2, 0) is 6.54 Å². The van der Waals surface area contributed by atoms with E-state index in [1.807, 2.05) is 19.2 Å². The number of rotatable bonds is 2. The molecular formula is C13H18N4. The van der Waals surface area contributed by atoms with Crippen LogP contribution < -0.4 is 5.73 Å². The quantitative estimate of drug-likeness (QED) is 0.862. The third kappa shape index (κ3) is 1.88. The highest BCUT2D eigenvalue weighted by Gasteiger charge is 2.18. The monoisotopic (exact) mass is 230 g/mol. The summed E-state index contributed by atoms with van der Waals surface area (Å²) in [6.07, 6.45) is 7.21. The fraction of sp³-hybridized carbons (Fsp3) is 0.538. The van der Waals surface area contributed by atoms with Crippen molar-refractivity contribution in [3.8, 4) is 0 Å². The Labute approximate surface area is 101 Å². The summed E-state index contributed by atoms with van der Waals surface area (Å²) in [7, 11) is 0. The third-order valence-corrected chi connectivity index (χ3v) is 3.67. The molecule has 0 atom stereocenters. The van der Waals surface area contributed by atoms with Crippen molar-refractivity contribution >= 4 is 17.1 Å². The van der Waals surface area contributed by atoms with E-state index in [4.69, 9.17) is 5.73 Å². The molecule has 0 radical (unpaired) electrons. The van der Waals surface area contributed by atoms with Gasteiger partial charge in [-0.15, -0.1) is 0 Å². The van der Waals surface area contributed by atoms with Crippen molar-refractivity contribution in [2.24, 2.45) is 5.92 Å². The molecule has 0 aromatic carbocycles. The molecule has 3 rings (SSSR count). The number of hydrogen-bond donors (Lipinski definition) is 1. The van der Waals surface area contributed by atoms with Crippen molar-refractivity contribution in [3.05, 3.63) is 17.8 Å². The zero-order chi connectivity index (χ0) is 11.8. The van der Waals surface area contributed by atoms with Crippen molar-refractivity contribution in [1.82, 2.24) is 14.5 Å². The number of nitrogens with two attached hydrogens (primary N) is 1. The topological polar surface area (TPSA) is 56.7 Å². The van der Waals surface area contributed by atoms with Crippen LogP contribution in [0.15, 0.2) is 12.3 Å². The smallest absolute Gasteiger partial charge is 0.202 e. The lowest BCUT2D eigenvalue weighted by Gasteiger charge is -2.11. The third-order valence-electron chi connectivity index (χ3n) is 3.67. The number of fused-ring (bicyclic) bond motifs is 1. The van der Waals surface area contributed by atoms with Gasteiger partial charge in [0.25, 0.3) is 0 Å². The molecule has 0 spiro atoms. The van der Waals surface area contributed by atoms with E-state index < -0.39 is 0 Å². The van der Waals surface area contributed by atoms with E-state index in [-0.39, 0.29) is 0 Å². The first-order chi connectivity index (χ1) is 8.24. The molecule has 0 saturated heterocycles. The molecule has 0 amide bonds. The standard InChI is InChI=1S/C13H18N4/c1-9-6-11-12(15-7-9)17(13(14)16-11)8-10-4-2-3-5-10/h6-7,10H,2-5,8H2,1H3,(H2,14,16). The van der Waals surface area contributed by atoms with Gasteiger partial charge in [0.15, 0.2) is 5.65 Å². The summed E-state index contributed by atoms with van der Waals surface area (Å²) in [6, 6.07) is 2.05. The van der Waals surface area contributed by atoms with Gasteiger partial charge in [0.2, 0.25) is 5.95 Å². The SMILES string of the molecule is Cc1cnc2c(c1)nc(N)n2CC1CCCC1. The first kappa shape index (κ1) is 10.6. The second-order valence-corrected chi connectivity index (χ2v) is 5.09. The van der Waals surface area contributed by atoms with Crippen LogP contribution in [0.25, 0.3) is 11.2 Å². The summed E-state index contributed by atoms with van der Waals surface area (Å²) in [4.78, 5) is 8.86. The maximum absolute atomic E-state index is 5.99. The number of aromatic nitrogens is 3. The average molecular weight is 230 g/mol. The second-order valence-electron chi connectivity index (χ2n) is 5.09. The maximum atomic E-state index is 5.99. The molecule has 2 aromatic rings. The minimum absolute atomic E-state index is 0.602. The summed E-state index contributed by atoms with van der Waals surface area (Å²) in [5, 5.41) is 0. The average Bonchev–Trinajstić information content (AvgIpc) is 2.88. The Hall–Kier alpha value is -1.58. The van der Waals surface area contributed by atoms with Gasteiger partial charge in [0.05, 0.1) is 0 Å². The molecule has 2 aromatic heterocycles. The number of imidazole rings is 1. The zero-order valence-electron chi connectivity index (χ0n) is 10.2. The number of nitrogens with zero attached hydrogens (tertiary/aromatic N) is 3. The first-order valence-corrected chi connectivity index (χ1v) is 6.32. The molecule has 4 heteroatoms. The Balaban J connectivity index is 1.99. The molecule has 2 heterocycles. The normalized spacial score (nSPS) is 17.0. The summed E-state index contributed by atoms with van der Waals surface area (Å²) in [6.45, 7) is 3.00. The van der Waals surface area contributed by atoms with Gasteiger partial charge >= 0.3 is 0 Å². The predicted octanol–water partition coefficient (Wildman–Crippen LogP) is 2.51. The van der Waals surface area contributed by atoms with Crippen LogP contribution in [0.1, 0.15) is 31.2 Å². The Morgan fingerprint density at radius 3 is 2.94 bits per heavy atom. The van der Waals surface area contributed by atoms with Crippen molar-refractivity contribution in [2.75, 3.05) is 5.73 Å². The van der Waals surface area contributed by atoms with Gasteiger partial charge in [-0.05, 0) is 37.3 Å². The lowest BCUT2D eigenvalue weighted by Crippen LogP contribution is -2.10. The molecule has 1 aliphatic rings. The van der Waals surface area contributed by atoms with Crippen LogP contribution in [0.4, 0.5) is 5.95 Å². The van der Waals surface area contributed by atoms with Crippen molar-refractivity contribution in [3.63, 3.8) is 0 Å². The zero-order valence-corrected chi connectivity index (χ0v) is 10.2. The summed E-state index contributed by atoms with van der Waals surface area (Å²) in [5.74, 6) is 1.35. The number of anilines is 1. The Morgan fingerprint density at radius 1 is 1.41 bits per heavy atom. The van der Waals surface area contributed by atoms with E-state index in [0.717, 1.165) is 29.2 Å². The van der Waals surface area contributed by atoms with E-state index in [1.54, 1.807) is 0 Å². The summed E-state index contributed by atoms with van der Waals surface area (Å²) < 4.78 is 2.07. The lowest BCUT2D eigenvalue weighted by atomic mass is 10.1. The van der Waals surface area contributed by atoms with Crippen LogP contribution in [0, 0.1) is 12.8 Å². The van der Waals surface area contributed by atoms with Crippen LogP contribution in [0.5, 0.6) is 0 Å². The van der Waals surface area contributed by atoms with E-state index in [0.29, 0.717) is 5.95 Å². The van der Waals surface area contributed by atoms with Crippen LogP contribution in [0.2, 0.25) is 0 Å². The molecule has 1 saturated carbocycles. The Bertz CT molecular complexity index is 538. The number of pyridine rings is 1. The van der Waals surface area contributed by atoms with Crippen LogP contribution in [-0.4, -0.2) is 14.5 Å². The molecule has 0 aliphatic heterocycles. The predicted molar refractivity (Wildman–Crippen MR) is 68.6 cm³/mol. The van der Waals surface area contributed by atoms with E-state index in [9.17, 15) is 0 Å². The largest absolute Gasteiger partial charge is 0.369 e. The van der Waals surface area contributed by atoms with E-state index in [2.05, 4.69) is 14.5 Å². The maximum Gasteiger partial charge on any atom is 0.202 e. The number of nitrogen functional groups attached to an aromatic ring is 1. The Kier molecular flexibility index (Phi) is 2.50. The van der Waals surface area contributed by atoms with Gasteiger partial charge in [-0.1, -0.05) is 12.8 Å². The fourth-order valence-corrected chi connectivity index (χ4v) is 2.76. The first-order valence-electron chi connectivity index (χ1n) is 6.32. The van der Waals surface area contributed by atoms with Crippen molar-refractivity contribution < 1.29 is 0 Å². The van der Waals surface area contributed by atoms with Gasteiger partial charge in [0.1, 0.15) is 5.52 Å². The van der Waals surface area contributed by atoms with Crippen LogP contribution >= 0.6 is 0 Å². The second kappa shape index (κ2) is 4.02. The molecule has 1 fully saturated rings. The summed E-state index contributed by atoms with van der Waals surface area (Å²) >= 11 is 0. The minimum atomic E-state index is 0.602. The van der Waals surface area contributed by atoms with Gasteiger partial charge < -0.3 is 5.73 Å². The highest BCUT2D eigenvalue weighted by molar-refractivity contribution is 5.74. The molecule has 90 valence electrons. The molecule has 4 nitrogen and oxygen atoms in total. The molecule has 2 N–H and O–H groups in total. The van der Waals surface area contributed by atoms with E-state index >= 15 is 0 Å². The Morgan fingerprint density at radius 2 is 2.18 bits per heavy atom. The van der Waals surface area contributed by atoms with E-state index in [1.165, 1.54) is 25.7 Å². The fourth-order valence-electron chi connectivity index (χ4n) is 2.76. The minimum Gasteiger partial charge on any atom is -0.369 e. The summed E-state index contributed by atoms with van der Waals surface area (Å²) in [5.41, 5.74) is 8.97. The van der Waals surface area contributed by atoms with Crippen molar-refractivity contribution in [1.29, 1.82) is 0 Å². The van der Waals surface area contributed by atoms with Gasteiger partial charge in [0, 0.05) is 12.7 Å². The van der Waals surface area contributed by atoms with Crippen LogP contribution in [0.3, 0.4) is 0 Å². The number of aryl methyl sites for hydroxylation is 1. The molecule has 17 heavy (non-hydrogen) atoms. The molecule has 0 bridgehead atoms. The molecule has 1 aliphatic carbocycles. The number of hydrogen-bond acceptors (Lipinski definition) is 3. The lowest BCUT2D eigenvalue weighted by molar-refractivity contribution is 0.466. The molecule has 0 unspecified atom stereocenters.